The van der Waals surface area contributed by atoms with Gasteiger partial charge < -0.3 is 0 Å². The maximum Gasteiger partial charge on any atom is 0.0189 e. The van der Waals surface area contributed by atoms with Gasteiger partial charge in [-0.1, -0.05) is 59.6 Å². The van der Waals surface area contributed by atoms with Gasteiger partial charge >= 0.3 is 0 Å². The number of benzene rings is 1. The van der Waals surface area contributed by atoms with Gasteiger partial charge in [0.25, 0.3) is 0 Å². The molecule has 0 aromatic heterocycles. The molecule has 9 rings (SSSR count). The summed E-state index contributed by atoms with van der Waals surface area (Å²) in [5, 5.41) is 0. The van der Waals surface area contributed by atoms with E-state index in [0.29, 0.717) is 37.9 Å². The minimum Gasteiger partial charge on any atom is -0.0596 e. The predicted octanol–water partition coefficient (Wildman–Crippen LogP) is 9.83. The van der Waals surface area contributed by atoms with E-state index >= 15 is 0 Å². The predicted molar refractivity (Wildman–Crippen MR) is 140 cm³/mol. The van der Waals surface area contributed by atoms with Gasteiger partial charge in [-0.3, -0.25) is 0 Å². The molecule has 8 saturated carbocycles. The SMILES string of the molecule is CC12CC3CC(C)(C1)CC(C14CC5(C)CC(C)(CC(c6cc(Br)cc(Br)c6)(C5)C1)C4)(C3)C2. The van der Waals surface area contributed by atoms with E-state index in [1.807, 2.05) is 0 Å². The standard InChI is InChI=1S/C30H40Br2/c1-24-8-20-9-25(2,11-24)16-29(10-20,15-24)30-17-26(3)12-27(4,18-30)14-28(13-26,19-30)21-5-22(31)7-23(32)6-21/h5-7,20H,8-19H2,1-4H3. The van der Waals surface area contributed by atoms with Crippen LogP contribution in [-0.4, -0.2) is 0 Å². The lowest BCUT2D eigenvalue weighted by atomic mass is 9.26. The molecule has 0 saturated heterocycles. The van der Waals surface area contributed by atoms with E-state index in [2.05, 4.69) is 77.8 Å². The first-order chi connectivity index (χ1) is 14.8. The molecule has 2 heteroatoms. The molecule has 8 fully saturated rings. The van der Waals surface area contributed by atoms with E-state index in [9.17, 15) is 0 Å². The summed E-state index contributed by atoms with van der Waals surface area (Å²) < 4.78 is 2.49. The molecular weight excluding hydrogens is 520 g/mol. The van der Waals surface area contributed by atoms with E-state index in [4.69, 9.17) is 0 Å². The second-order valence-corrected chi connectivity index (χ2v) is 17.6. The average Bonchev–Trinajstić information content (AvgIpc) is 2.54. The summed E-state index contributed by atoms with van der Waals surface area (Å²) in [6, 6.07) is 7.20. The summed E-state index contributed by atoms with van der Waals surface area (Å²) in [6.07, 6.45) is 18.0. The first-order valence-electron chi connectivity index (χ1n) is 13.3. The van der Waals surface area contributed by atoms with Crippen molar-refractivity contribution in [2.24, 2.45) is 38.4 Å². The Labute approximate surface area is 212 Å². The molecule has 32 heavy (non-hydrogen) atoms. The van der Waals surface area contributed by atoms with Crippen LogP contribution in [0.5, 0.6) is 0 Å². The Morgan fingerprint density at radius 3 is 1.59 bits per heavy atom. The summed E-state index contributed by atoms with van der Waals surface area (Å²) in [4.78, 5) is 0. The lowest BCUT2D eigenvalue weighted by Gasteiger charge is -2.78. The maximum absolute atomic E-state index is 3.85. The van der Waals surface area contributed by atoms with Gasteiger partial charge in [0.15, 0.2) is 0 Å². The smallest absolute Gasteiger partial charge is 0.0189 e. The van der Waals surface area contributed by atoms with E-state index < -0.39 is 0 Å². The Hall–Kier alpha value is 0.180. The van der Waals surface area contributed by atoms with Crippen molar-refractivity contribution in [1.29, 1.82) is 0 Å². The Balaban J connectivity index is 1.41. The van der Waals surface area contributed by atoms with Crippen LogP contribution < -0.4 is 0 Å². The molecule has 0 nitrogen and oxygen atoms in total. The fourth-order valence-corrected chi connectivity index (χ4v) is 14.8. The van der Waals surface area contributed by atoms with Crippen molar-refractivity contribution < 1.29 is 0 Å². The van der Waals surface area contributed by atoms with E-state index in [-0.39, 0.29) is 0 Å². The van der Waals surface area contributed by atoms with Gasteiger partial charge in [-0.05, 0) is 145 Å². The summed E-state index contributed by atoms with van der Waals surface area (Å²) in [7, 11) is 0. The minimum atomic E-state index is 0.371. The van der Waals surface area contributed by atoms with Gasteiger partial charge in [0.1, 0.15) is 0 Å². The molecule has 8 bridgehead atoms. The highest BCUT2D eigenvalue weighted by Gasteiger charge is 2.74. The van der Waals surface area contributed by atoms with Crippen LogP contribution in [0.1, 0.15) is 110 Å². The topological polar surface area (TPSA) is 0 Å². The highest BCUT2D eigenvalue weighted by molar-refractivity contribution is 9.11. The fourth-order valence-electron chi connectivity index (χ4n) is 13.5. The first-order valence-corrected chi connectivity index (χ1v) is 14.8. The lowest BCUT2D eigenvalue weighted by Crippen LogP contribution is -2.69. The molecule has 1 aromatic carbocycles. The number of hydrogen-bond acceptors (Lipinski definition) is 0. The molecule has 1 aromatic rings. The summed E-state index contributed by atoms with van der Waals surface area (Å²) >= 11 is 7.70. The summed E-state index contributed by atoms with van der Waals surface area (Å²) in [5.41, 5.74) is 5.43. The van der Waals surface area contributed by atoms with Crippen LogP contribution in [0.4, 0.5) is 0 Å². The highest BCUT2D eigenvalue weighted by Crippen LogP contribution is 2.83. The van der Waals surface area contributed by atoms with Crippen molar-refractivity contribution in [3.63, 3.8) is 0 Å². The quantitative estimate of drug-likeness (QED) is 0.338. The van der Waals surface area contributed by atoms with Gasteiger partial charge in [0.05, 0.1) is 0 Å². The third-order valence-corrected chi connectivity index (χ3v) is 12.7. The Morgan fingerprint density at radius 1 is 0.562 bits per heavy atom. The van der Waals surface area contributed by atoms with E-state index in [0.717, 1.165) is 5.92 Å². The Bertz CT molecular complexity index is 965. The van der Waals surface area contributed by atoms with Crippen LogP contribution in [-0.2, 0) is 5.41 Å². The van der Waals surface area contributed by atoms with Gasteiger partial charge in [-0.15, -0.1) is 0 Å². The third-order valence-electron chi connectivity index (χ3n) is 11.8. The molecule has 0 N–H and O–H groups in total. The van der Waals surface area contributed by atoms with Gasteiger partial charge in [-0.25, -0.2) is 0 Å². The maximum atomic E-state index is 3.85. The first kappa shape index (κ1) is 21.5. The number of halogens is 2. The van der Waals surface area contributed by atoms with Gasteiger partial charge in [0.2, 0.25) is 0 Å². The molecule has 0 radical (unpaired) electrons. The molecular formula is C30H40Br2. The molecule has 0 amide bonds. The molecule has 4 unspecified atom stereocenters. The van der Waals surface area contributed by atoms with Crippen molar-refractivity contribution in [3.8, 4) is 0 Å². The van der Waals surface area contributed by atoms with Crippen molar-refractivity contribution in [1.82, 2.24) is 0 Å². The van der Waals surface area contributed by atoms with Crippen LogP contribution in [0.25, 0.3) is 0 Å². The molecule has 0 aliphatic heterocycles. The molecule has 174 valence electrons. The van der Waals surface area contributed by atoms with Gasteiger partial charge in [-0.2, -0.15) is 0 Å². The average molecular weight is 560 g/mol. The van der Waals surface area contributed by atoms with Crippen LogP contribution in [0.15, 0.2) is 27.1 Å². The van der Waals surface area contributed by atoms with Crippen molar-refractivity contribution in [3.05, 3.63) is 32.7 Å². The van der Waals surface area contributed by atoms with Gasteiger partial charge in [0, 0.05) is 8.95 Å². The zero-order valence-electron chi connectivity index (χ0n) is 20.6. The molecule has 0 heterocycles. The summed E-state index contributed by atoms with van der Waals surface area (Å²) in [5.74, 6) is 1.01. The number of hydrogen-bond donors (Lipinski definition) is 0. The van der Waals surface area contributed by atoms with Crippen LogP contribution in [0.3, 0.4) is 0 Å². The van der Waals surface area contributed by atoms with Crippen molar-refractivity contribution in [2.75, 3.05) is 0 Å². The Morgan fingerprint density at radius 2 is 1.06 bits per heavy atom. The van der Waals surface area contributed by atoms with Crippen molar-refractivity contribution in [2.45, 2.75) is 110 Å². The largest absolute Gasteiger partial charge is 0.0596 e. The van der Waals surface area contributed by atoms with Crippen LogP contribution in [0, 0.1) is 38.4 Å². The van der Waals surface area contributed by atoms with Crippen LogP contribution in [0.2, 0.25) is 0 Å². The van der Waals surface area contributed by atoms with Crippen molar-refractivity contribution >= 4 is 31.9 Å². The third kappa shape index (κ3) is 2.78. The monoisotopic (exact) mass is 558 g/mol. The second-order valence-electron chi connectivity index (χ2n) is 15.8. The minimum absolute atomic E-state index is 0.371. The van der Waals surface area contributed by atoms with E-state index in [1.165, 1.54) is 79.6 Å². The zero-order chi connectivity index (χ0) is 22.4. The molecule has 8 aliphatic carbocycles. The van der Waals surface area contributed by atoms with E-state index in [1.54, 1.807) is 12.0 Å². The fraction of sp³-hybridized carbons (Fsp3) is 0.800. The molecule has 4 atom stereocenters. The molecule has 8 aliphatic rings. The Kier molecular flexibility index (Phi) is 3.98. The normalized spacial score (nSPS) is 57.4. The lowest BCUT2D eigenvalue weighted by molar-refractivity contribution is -0.270. The van der Waals surface area contributed by atoms with Crippen LogP contribution >= 0.6 is 31.9 Å². The zero-order valence-corrected chi connectivity index (χ0v) is 23.7. The second kappa shape index (κ2) is 5.93. The number of rotatable bonds is 2. The molecule has 0 spiro atoms. The summed E-state index contributed by atoms with van der Waals surface area (Å²) in [6.45, 7) is 10.8. The highest BCUT2D eigenvalue weighted by atomic mass is 79.9.